The van der Waals surface area contributed by atoms with Crippen LogP contribution in [0.25, 0.3) is 0 Å². The number of hydrogen-bond donors (Lipinski definition) is 1. The quantitative estimate of drug-likeness (QED) is 0.585. The molecule has 2 N–H and O–H groups in total. The van der Waals surface area contributed by atoms with Crippen LogP contribution in [0.15, 0.2) is 12.8 Å². The molecular weight excluding hydrogens is 198 g/mol. The lowest BCUT2D eigenvalue weighted by molar-refractivity contribution is -0.0774. The molecule has 0 spiro atoms. The molecule has 0 aromatic carbocycles. The zero-order chi connectivity index (χ0) is 11.2. The van der Waals surface area contributed by atoms with Gasteiger partial charge in [-0.05, 0) is 62.2 Å². The van der Waals surface area contributed by atoms with Gasteiger partial charge < -0.3 is 10.5 Å². The average molecular weight is 221 g/mol. The summed E-state index contributed by atoms with van der Waals surface area (Å²) in [6, 6.07) is 0. The van der Waals surface area contributed by atoms with Gasteiger partial charge in [0.25, 0.3) is 0 Å². The lowest BCUT2D eigenvalue weighted by Gasteiger charge is -2.61. The van der Waals surface area contributed by atoms with Gasteiger partial charge >= 0.3 is 0 Å². The molecule has 2 nitrogen and oxygen atoms in total. The minimum atomic E-state index is 0.179. The van der Waals surface area contributed by atoms with Crippen LogP contribution in [0.5, 0.6) is 0 Å². The molecule has 16 heavy (non-hydrogen) atoms. The maximum absolute atomic E-state index is 6.55. The second-order valence-corrected chi connectivity index (χ2v) is 6.61. The van der Waals surface area contributed by atoms with Gasteiger partial charge in [0.15, 0.2) is 0 Å². The topological polar surface area (TPSA) is 35.2 Å². The van der Waals surface area contributed by atoms with Gasteiger partial charge in [-0.25, -0.2) is 0 Å². The van der Waals surface area contributed by atoms with Crippen molar-refractivity contribution in [1.82, 2.24) is 0 Å². The van der Waals surface area contributed by atoms with Crippen LogP contribution in [0.2, 0.25) is 0 Å². The van der Waals surface area contributed by atoms with Crippen molar-refractivity contribution in [3.05, 3.63) is 12.8 Å². The van der Waals surface area contributed by atoms with E-state index in [-0.39, 0.29) is 5.54 Å². The molecule has 4 saturated carbocycles. The lowest BCUT2D eigenvalue weighted by Crippen LogP contribution is -2.60. The zero-order valence-electron chi connectivity index (χ0n) is 10.1. The molecule has 0 aromatic rings. The highest BCUT2D eigenvalue weighted by Crippen LogP contribution is 2.61. The molecule has 2 unspecified atom stereocenters. The van der Waals surface area contributed by atoms with E-state index in [1.165, 1.54) is 44.9 Å². The standard InChI is InChI=1S/C14H23NO/c1-2-16-4-3-13-6-11-5-12(7-13)9-14(15,8-11)10-13/h2,11-12H,1,3-10,15H2. The average Bonchev–Trinajstić information content (AvgIpc) is 2.13. The maximum atomic E-state index is 6.55. The molecule has 4 bridgehead atoms. The van der Waals surface area contributed by atoms with Gasteiger partial charge in [0.2, 0.25) is 0 Å². The van der Waals surface area contributed by atoms with Crippen molar-refractivity contribution in [3.63, 3.8) is 0 Å². The van der Waals surface area contributed by atoms with Crippen LogP contribution in [0, 0.1) is 17.3 Å². The Bertz CT molecular complexity index is 285. The summed E-state index contributed by atoms with van der Waals surface area (Å²) in [5.74, 6) is 1.82. The lowest BCUT2D eigenvalue weighted by atomic mass is 9.46. The van der Waals surface area contributed by atoms with E-state index in [4.69, 9.17) is 10.5 Å². The third-order valence-electron chi connectivity index (χ3n) is 5.10. The van der Waals surface area contributed by atoms with Crippen molar-refractivity contribution >= 4 is 0 Å². The summed E-state index contributed by atoms with van der Waals surface area (Å²) < 4.78 is 5.33. The summed E-state index contributed by atoms with van der Waals surface area (Å²) in [4.78, 5) is 0. The summed E-state index contributed by atoms with van der Waals surface area (Å²) in [6.45, 7) is 4.44. The van der Waals surface area contributed by atoms with Crippen LogP contribution >= 0.6 is 0 Å². The number of ether oxygens (including phenoxy) is 1. The molecule has 4 aliphatic carbocycles. The Morgan fingerprint density at radius 2 is 1.94 bits per heavy atom. The van der Waals surface area contributed by atoms with Crippen molar-refractivity contribution in [3.8, 4) is 0 Å². The van der Waals surface area contributed by atoms with Gasteiger partial charge in [0.1, 0.15) is 0 Å². The summed E-state index contributed by atoms with van der Waals surface area (Å²) in [5.41, 5.74) is 7.24. The predicted octanol–water partition coefficient (Wildman–Crippen LogP) is 2.83. The van der Waals surface area contributed by atoms with E-state index in [9.17, 15) is 0 Å². The van der Waals surface area contributed by atoms with Gasteiger partial charge in [-0.15, -0.1) is 0 Å². The highest BCUT2D eigenvalue weighted by molar-refractivity contribution is 5.10. The van der Waals surface area contributed by atoms with Gasteiger partial charge in [0.05, 0.1) is 12.9 Å². The Hall–Kier alpha value is -0.500. The fraction of sp³-hybridized carbons (Fsp3) is 0.857. The second-order valence-electron chi connectivity index (χ2n) is 6.61. The molecular formula is C14H23NO. The van der Waals surface area contributed by atoms with Crippen LogP contribution in [-0.2, 0) is 4.74 Å². The summed E-state index contributed by atoms with van der Waals surface area (Å²) in [6.07, 6.45) is 10.8. The van der Waals surface area contributed by atoms with Crippen LogP contribution in [-0.4, -0.2) is 12.1 Å². The first-order chi connectivity index (χ1) is 7.63. The van der Waals surface area contributed by atoms with E-state index in [2.05, 4.69) is 6.58 Å². The molecule has 0 aromatic heterocycles. The number of nitrogens with two attached hydrogens (primary N) is 1. The first kappa shape index (κ1) is 10.6. The van der Waals surface area contributed by atoms with Gasteiger partial charge in [-0.2, -0.15) is 0 Å². The van der Waals surface area contributed by atoms with Gasteiger partial charge in [-0.3, -0.25) is 0 Å². The minimum Gasteiger partial charge on any atom is -0.502 e. The molecule has 0 radical (unpaired) electrons. The first-order valence-electron chi connectivity index (χ1n) is 6.65. The normalized spacial score (nSPS) is 49.3. The molecule has 2 heteroatoms. The van der Waals surface area contributed by atoms with E-state index in [1.807, 2.05) is 0 Å². The number of hydrogen-bond acceptors (Lipinski definition) is 2. The fourth-order valence-corrected chi connectivity index (χ4v) is 5.18. The predicted molar refractivity (Wildman–Crippen MR) is 64.8 cm³/mol. The molecule has 90 valence electrons. The minimum absolute atomic E-state index is 0.179. The molecule has 0 saturated heterocycles. The third-order valence-corrected chi connectivity index (χ3v) is 5.10. The maximum Gasteiger partial charge on any atom is 0.0878 e. The first-order valence-corrected chi connectivity index (χ1v) is 6.65. The van der Waals surface area contributed by atoms with Crippen molar-refractivity contribution in [1.29, 1.82) is 0 Å². The third kappa shape index (κ3) is 1.67. The monoisotopic (exact) mass is 221 g/mol. The van der Waals surface area contributed by atoms with Crippen molar-refractivity contribution < 1.29 is 4.74 Å². The Kier molecular flexibility index (Phi) is 2.32. The van der Waals surface area contributed by atoms with Crippen molar-refractivity contribution in [2.24, 2.45) is 23.0 Å². The van der Waals surface area contributed by atoms with Crippen LogP contribution in [0.4, 0.5) is 0 Å². The van der Waals surface area contributed by atoms with Crippen LogP contribution < -0.4 is 5.73 Å². The number of rotatable bonds is 4. The molecule has 0 aliphatic heterocycles. The molecule has 4 aliphatic rings. The molecule has 2 atom stereocenters. The summed E-state index contributed by atoms with van der Waals surface area (Å²) >= 11 is 0. The molecule has 4 rings (SSSR count). The highest BCUT2D eigenvalue weighted by atomic mass is 16.5. The van der Waals surface area contributed by atoms with E-state index >= 15 is 0 Å². The zero-order valence-corrected chi connectivity index (χ0v) is 10.1. The molecule has 0 amide bonds. The second kappa shape index (κ2) is 3.49. The Morgan fingerprint density at radius 1 is 1.25 bits per heavy atom. The smallest absolute Gasteiger partial charge is 0.0878 e. The van der Waals surface area contributed by atoms with E-state index in [0.717, 1.165) is 18.4 Å². The Balaban J connectivity index is 1.73. The fourth-order valence-electron chi connectivity index (χ4n) is 5.18. The summed E-state index contributed by atoms with van der Waals surface area (Å²) in [7, 11) is 0. The van der Waals surface area contributed by atoms with E-state index < -0.39 is 0 Å². The van der Waals surface area contributed by atoms with E-state index in [0.29, 0.717) is 5.41 Å². The van der Waals surface area contributed by atoms with Crippen molar-refractivity contribution in [2.45, 2.75) is 50.5 Å². The highest BCUT2D eigenvalue weighted by Gasteiger charge is 2.55. The van der Waals surface area contributed by atoms with Crippen molar-refractivity contribution in [2.75, 3.05) is 6.61 Å². The molecule has 0 heterocycles. The largest absolute Gasteiger partial charge is 0.502 e. The van der Waals surface area contributed by atoms with Gasteiger partial charge in [0, 0.05) is 5.54 Å². The Labute approximate surface area is 98.2 Å². The Morgan fingerprint density at radius 3 is 2.50 bits per heavy atom. The van der Waals surface area contributed by atoms with Crippen LogP contribution in [0.3, 0.4) is 0 Å². The van der Waals surface area contributed by atoms with Gasteiger partial charge in [-0.1, -0.05) is 6.58 Å². The molecule has 4 fully saturated rings. The summed E-state index contributed by atoms with van der Waals surface area (Å²) in [5, 5.41) is 0. The van der Waals surface area contributed by atoms with E-state index in [1.54, 1.807) is 6.26 Å². The SMILES string of the molecule is C=COCCC12CC3CC(CC(N)(C3)C1)C2. The van der Waals surface area contributed by atoms with Crippen LogP contribution in [0.1, 0.15) is 44.9 Å².